The SMILES string of the molecule is CCOC(=O)C(O)C(C)C(=O)c1cnc(-c2ccccc2)s1. The lowest BCUT2D eigenvalue weighted by molar-refractivity contribution is -0.154. The first-order valence-electron chi connectivity index (χ1n) is 6.94. The second-order valence-corrected chi connectivity index (χ2v) is 5.78. The Hall–Kier alpha value is -2.05. The largest absolute Gasteiger partial charge is 0.464 e. The number of benzene rings is 1. The van der Waals surface area contributed by atoms with Gasteiger partial charge in [-0.05, 0) is 6.92 Å². The second kappa shape index (κ2) is 7.29. The fourth-order valence-corrected chi connectivity index (χ4v) is 2.86. The van der Waals surface area contributed by atoms with Crippen LogP contribution in [-0.2, 0) is 9.53 Å². The fourth-order valence-electron chi connectivity index (χ4n) is 1.90. The number of Topliss-reactive ketones (excluding diaryl/α,β-unsaturated/α-hetero) is 1. The van der Waals surface area contributed by atoms with Crippen molar-refractivity contribution in [3.8, 4) is 10.6 Å². The molecule has 1 N–H and O–H groups in total. The normalized spacial score (nSPS) is 13.4. The number of nitrogens with zero attached hydrogens (tertiary/aromatic N) is 1. The molecule has 2 aromatic rings. The van der Waals surface area contributed by atoms with Crippen LogP contribution in [0.3, 0.4) is 0 Å². The Balaban J connectivity index is 2.13. The topological polar surface area (TPSA) is 76.5 Å². The molecule has 6 heteroatoms. The molecule has 0 aliphatic rings. The number of esters is 1. The van der Waals surface area contributed by atoms with Crippen LogP contribution in [-0.4, -0.2) is 34.6 Å². The molecule has 2 unspecified atom stereocenters. The average Bonchev–Trinajstić information content (AvgIpc) is 3.03. The van der Waals surface area contributed by atoms with Crippen molar-refractivity contribution < 1.29 is 19.4 Å². The van der Waals surface area contributed by atoms with Gasteiger partial charge in [0.25, 0.3) is 0 Å². The first-order valence-corrected chi connectivity index (χ1v) is 7.76. The zero-order valence-electron chi connectivity index (χ0n) is 12.4. The minimum Gasteiger partial charge on any atom is -0.464 e. The minimum atomic E-state index is -1.46. The summed E-state index contributed by atoms with van der Waals surface area (Å²) in [5.74, 6) is -1.97. The van der Waals surface area contributed by atoms with Crippen LogP contribution in [0.4, 0.5) is 0 Å². The van der Waals surface area contributed by atoms with Gasteiger partial charge in [0, 0.05) is 11.8 Å². The Morgan fingerprint density at radius 2 is 2.00 bits per heavy atom. The summed E-state index contributed by atoms with van der Waals surface area (Å²) in [6, 6.07) is 9.51. The molecular formula is C16H17NO4S. The standard InChI is InChI=1S/C16H17NO4S/c1-3-21-16(20)14(19)10(2)13(18)12-9-17-15(22-12)11-7-5-4-6-8-11/h4-10,14,19H,3H2,1-2H3. The number of aliphatic hydroxyl groups is 1. The maximum absolute atomic E-state index is 12.3. The zero-order valence-corrected chi connectivity index (χ0v) is 13.2. The van der Waals surface area contributed by atoms with Gasteiger partial charge in [0.05, 0.1) is 17.4 Å². The summed E-state index contributed by atoms with van der Waals surface area (Å²) < 4.78 is 4.73. The molecule has 0 amide bonds. The molecule has 0 radical (unpaired) electrons. The number of carbonyl (C=O) groups excluding carboxylic acids is 2. The Labute approximate surface area is 132 Å². The van der Waals surface area contributed by atoms with Gasteiger partial charge in [0.2, 0.25) is 0 Å². The molecule has 22 heavy (non-hydrogen) atoms. The Morgan fingerprint density at radius 1 is 1.32 bits per heavy atom. The number of thiazole rings is 1. The number of hydrogen-bond acceptors (Lipinski definition) is 6. The van der Waals surface area contributed by atoms with Gasteiger partial charge in [-0.15, -0.1) is 11.3 Å². The van der Waals surface area contributed by atoms with Crippen molar-refractivity contribution in [2.45, 2.75) is 20.0 Å². The monoisotopic (exact) mass is 319 g/mol. The molecule has 0 saturated carbocycles. The van der Waals surface area contributed by atoms with Crippen LogP contribution in [0.2, 0.25) is 0 Å². The van der Waals surface area contributed by atoms with Crippen molar-refractivity contribution >= 4 is 23.1 Å². The molecule has 0 aliphatic carbocycles. The molecule has 2 rings (SSSR count). The van der Waals surface area contributed by atoms with Crippen molar-refractivity contribution in [1.82, 2.24) is 4.98 Å². The maximum atomic E-state index is 12.3. The van der Waals surface area contributed by atoms with Crippen LogP contribution in [0.25, 0.3) is 10.6 Å². The first-order chi connectivity index (χ1) is 10.5. The number of ketones is 1. The lowest BCUT2D eigenvalue weighted by Gasteiger charge is -2.15. The number of carbonyl (C=O) groups is 2. The molecule has 0 saturated heterocycles. The molecule has 0 spiro atoms. The van der Waals surface area contributed by atoms with Gasteiger partial charge in [-0.25, -0.2) is 9.78 Å². The Bertz CT molecular complexity index is 653. The van der Waals surface area contributed by atoms with Gasteiger partial charge in [0.1, 0.15) is 5.01 Å². The van der Waals surface area contributed by atoms with Crippen LogP contribution in [0.1, 0.15) is 23.5 Å². The number of rotatable bonds is 6. The van der Waals surface area contributed by atoms with E-state index < -0.39 is 18.0 Å². The van der Waals surface area contributed by atoms with Gasteiger partial charge in [-0.1, -0.05) is 37.3 Å². The van der Waals surface area contributed by atoms with E-state index in [4.69, 9.17) is 4.74 Å². The Kier molecular flexibility index (Phi) is 5.41. The van der Waals surface area contributed by atoms with Gasteiger partial charge in [-0.3, -0.25) is 4.79 Å². The molecule has 0 fully saturated rings. The van der Waals surface area contributed by atoms with E-state index in [1.54, 1.807) is 6.92 Å². The molecule has 0 bridgehead atoms. The molecule has 0 aliphatic heterocycles. The van der Waals surface area contributed by atoms with Crippen LogP contribution in [0.5, 0.6) is 0 Å². The lowest BCUT2D eigenvalue weighted by atomic mass is 9.99. The van der Waals surface area contributed by atoms with E-state index in [0.717, 1.165) is 10.6 Å². The van der Waals surface area contributed by atoms with Gasteiger partial charge >= 0.3 is 5.97 Å². The first kappa shape index (κ1) is 16.3. The smallest absolute Gasteiger partial charge is 0.335 e. The molecule has 5 nitrogen and oxygen atoms in total. The number of ether oxygens (including phenoxy) is 1. The highest BCUT2D eigenvalue weighted by Gasteiger charge is 2.31. The highest BCUT2D eigenvalue weighted by molar-refractivity contribution is 7.17. The van der Waals surface area contributed by atoms with Gasteiger partial charge < -0.3 is 9.84 Å². The quantitative estimate of drug-likeness (QED) is 0.654. The third-order valence-electron chi connectivity index (χ3n) is 3.18. The summed E-state index contributed by atoms with van der Waals surface area (Å²) in [5, 5.41) is 10.6. The highest BCUT2D eigenvalue weighted by Crippen LogP contribution is 2.27. The third kappa shape index (κ3) is 3.58. The van der Waals surface area contributed by atoms with Crippen molar-refractivity contribution in [3.05, 3.63) is 41.4 Å². The van der Waals surface area contributed by atoms with Crippen LogP contribution in [0, 0.1) is 5.92 Å². The van der Waals surface area contributed by atoms with Crippen molar-refractivity contribution in [1.29, 1.82) is 0 Å². The fraction of sp³-hybridized carbons (Fsp3) is 0.312. The molecule has 1 aromatic heterocycles. The maximum Gasteiger partial charge on any atom is 0.335 e. The molecule has 1 heterocycles. The van der Waals surface area contributed by atoms with E-state index >= 15 is 0 Å². The van der Waals surface area contributed by atoms with Gasteiger partial charge in [0.15, 0.2) is 11.9 Å². The summed E-state index contributed by atoms with van der Waals surface area (Å²) >= 11 is 1.24. The highest BCUT2D eigenvalue weighted by atomic mass is 32.1. The zero-order chi connectivity index (χ0) is 16.1. The Morgan fingerprint density at radius 3 is 2.64 bits per heavy atom. The van der Waals surface area contributed by atoms with E-state index in [9.17, 15) is 14.7 Å². The molecule has 116 valence electrons. The summed E-state index contributed by atoms with van der Waals surface area (Å²) in [5.41, 5.74) is 0.921. The molecule has 1 aromatic carbocycles. The van der Waals surface area contributed by atoms with E-state index in [1.807, 2.05) is 30.3 Å². The third-order valence-corrected chi connectivity index (χ3v) is 4.25. The van der Waals surface area contributed by atoms with Crippen molar-refractivity contribution in [2.75, 3.05) is 6.61 Å². The predicted molar refractivity (Wildman–Crippen MR) is 83.7 cm³/mol. The van der Waals surface area contributed by atoms with E-state index in [-0.39, 0.29) is 12.4 Å². The average molecular weight is 319 g/mol. The summed E-state index contributed by atoms with van der Waals surface area (Å²) in [6.07, 6.45) is 0.0127. The van der Waals surface area contributed by atoms with E-state index in [2.05, 4.69) is 4.98 Å². The summed E-state index contributed by atoms with van der Waals surface area (Å²) in [6.45, 7) is 3.31. The summed E-state index contributed by atoms with van der Waals surface area (Å²) in [7, 11) is 0. The lowest BCUT2D eigenvalue weighted by Crippen LogP contribution is -2.34. The molecular weight excluding hydrogens is 302 g/mol. The van der Waals surface area contributed by atoms with E-state index in [0.29, 0.717) is 4.88 Å². The summed E-state index contributed by atoms with van der Waals surface area (Å²) in [4.78, 5) is 28.5. The number of aliphatic hydroxyl groups excluding tert-OH is 1. The van der Waals surface area contributed by atoms with Crippen molar-refractivity contribution in [2.24, 2.45) is 5.92 Å². The predicted octanol–water partition coefficient (Wildman–Crippen LogP) is 2.55. The van der Waals surface area contributed by atoms with E-state index in [1.165, 1.54) is 24.5 Å². The van der Waals surface area contributed by atoms with Gasteiger partial charge in [-0.2, -0.15) is 0 Å². The van der Waals surface area contributed by atoms with Crippen molar-refractivity contribution in [3.63, 3.8) is 0 Å². The second-order valence-electron chi connectivity index (χ2n) is 4.75. The minimum absolute atomic E-state index is 0.162. The van der Waals surface area contributed by atoms with Crippen LogP contribution in [0.15, 0.2) is 36.5 Å². The van der Waals surface area contributed by atoms with Crippen LogP contribution < -0.4 is 0 Å². The number of hydrogen-bond donors (Lipinski definition) is 1. The number of aromatic nitrogens is 1. The molecule has 2 atom stereocenters. The van der Waals surface area contributed by atoms with Crippen LogP contribution >= 0.6 is 11.3 Å².